The lowest BCUT2D eigenvalue weighted by molar-refractivity contribution is 0.262. The predicted molar refractivity (Wildman–Crippen MR) is 92.1 cm³/mol. The van der Waals surface area contributed by atoms with Gasteiger partial charge in [-0.2, -0.15) is 0 Å². The summed E-state index contributed by atoms with van der Waals surface area (Å²) >= 11 is 0. The maximum atomic E-state index is 5.89. The minimum atomic E-state index is 0.0395. The second-order valence-corrected chi connectivity index (χ2v) is 8.01. The van der Waals surface area contributed by atoms with Crippen LogP contribution in [0.15, 0.2) is 18.2 Å². The molecule has 3 unspecified atom stereocenters. The Labute approximate surface area is 143 Å². The smallest absolute Gasteiger partial charge is 0.119 e. The molecule has 0 bridgehead atoms. The highest BCUT2D eigenvalue weighted by Crippen LogP contribution is 2.36. The average molecular weight is 333 g/mol. The average Bonchev–Trinajstić information content (AvgIpc) is 3.36. The Morgan fingerprint density at radius 2 is 1.58 bits per heavy atom. The first-order valence-electron chi connectivity index (χ1n) is 8.86. The first kappa shape index (κ1) is 16.2. The van der Waals surface area contributed by atoms with Crippen molar-refractivity contribution in [1.82, 2.24) is 0 Å². The second-order valence-electron chi connectivity index (χ2n) is 8.01. The van der Waals surface area contributed by atoms with Crippen molar-refractivity contribution in [2.75, 3.05) is 44.4 Å². The minimum absolute atomic E-state index is 0.0395. The van der Waals surface area contributed by atoms with Gasteiger partial charge < -0.3 is 23.8 Å². The number of hydrogen-bond donors (Lipinski definition) is 0. The first-order valence-corrected chi connectivity index (χ1v) is 8.86. The van der Waals surface area contributed by atoms with E-state index in [1.165, 1.54) is 11.3 Å². The van der Waals surface area contributed by atoms with E-state index < -0.39 is 0 Å². The van der Waals surface area contributed by atoms with Gasteiger partial charge in [0, 0.05) is 18.8 Å². The number of hydrogen-bond acceptors (Lipinski definition) is 5. The first-order chi connectivity index (χ1) is 11.5. The molecule has 3 aliphatic rings. The van der Waals surface area contributed by atoms with Crippen LogP contribution >= 0.6 is 0 Å². The third kappa shape index (κ3) is 4.21. The van der Waals surface area contributed by atoms with E-state index >= 15 is 0 Å². The van der Waals surface area contributed by atoms with Gasteiger partial charge in [0.05, 0.1) is 32.0 Å². The molecule has 5 nitrogen and oxygen atoms in total. The van der Waals surface area contributed by atoms with Crippen molar-refractivity contribution < 1.29 is 18.9 Å². The number of anilines is 1. The van der Waals surface area contributed by atoms with E-state index in [0.29, 0.717) is 18.8 Å². The lowest BCUT2D eigenvalue weighted by Gasteiger charge is -2.31. The van der Waals surface area contributed by atoms with Crippen LogP contribution in [-0.2, 0) is 19.6 Å². The van der Waals surface area contributed by atoms with Crippen LogP contribution in [0.4, 0.5) is 5.69 Å². The summed E-state index contributed by atoms with van der Waals surface area (Å²) in [4.78, 5) is 2.42. The summed E-state index contributed by atoms with van der Waals surface area (Å²) in [6.45, 7) is 11.8. The van der Waals surface area contributed by atoms with Gasteiger partial charge in [-0.1, -0.05) is 20.8 Å². The zero-order valence-electron chi connectivity index (χ0n) is 14.8. The Balaban J connectivity index is 1.57. The summed E-state index contributed by atoms with van der Waals surface area (Å²) < 4.78 is 22.0. The molecule has 3 atom stereocenters. The lowest BCUT2D eigenvalue weighted by atomic mass is 9.85. The van der Waals surface area contributed by atoms with Crippen LogP contribution in [0.1, 0.15) is 26.3 Å². The fourth-order valence-electron chi connectivity index (χ4n) is 2.94. The van der Waals surface area contributed by atoms with Crippen LogP contribution in [-0.4, -0.2) is 57.8 Å². The monoisotopic (exact) mass is 333 g/mol. The Kier molecular flexibility index (Phi) is 4.19. The zero-order valence-corrected chi connectivity index (χ0v) is 14.8. The van der Waals surface area contributed by atoms with E-state index in [-0.39, 0.29) is 11.5 Å². The topological polar surface area (TPSA) is 50.1 Å². The Hall–Kier alpha value is -1.30. The number of nitrogens with zero attached hydrogens (tertiary/aromatic N) is 1. The maximum absolute atomic E-state index is 5.89. The van der Waals surface area contributed by atoms with Gasteiger partial charge in [-0.05, 0) is 29.2 Å². The number of benzene rings is 1. The SMILES string of the molecule is CC(C)(C)c1cc(OCC2CO2)ccc1N(CC1CO1)CC1CO1. The van der Waals surface area contributed by atoms with Gasteiger partial charge in [0.2, 0.25) is 0 Å². The minimum Gasteiger partial charge on any atom is -0.491 e. The van der Waals surface area contributed by atoms with E-state index in [2.05, 4.69) is 43.9 Å². The third-order valence-electron chi connectivity index (χ3n) is 4.61. The highest BCUT2D eigenvalue weighted by Gasteiger charge is 2.33. The van der Waals surface area contributed by atoms with Gasteiger partial charge in [0.15, 0.2) is 0 Å². The molecule has 0 N–H and O–H groups in total. The summed E-state index contributed by atoms with van der Waals surface area (Å²) in [6, 6.07) is 6.45. The lowest BCUT2D eigenvalue weighted by Crippen LogP contribution is -2.33. The van der Waals surface area contributed by atoms with Crippen molar-refractivity contribution in [3.05, 3.63) is 23.8 Å². The van der Waals surface area contributed by atoms with Gasteiger partial charge in [0.1, 0.15) is 18.5 Å². The van der Waals surface area contributed by atoms with Gasteiger partial charge in [-0.15, -0.1) is 0 Å². The van der Waals surface area contributed by atoms with Crippen molar-refractivity contribution >= 4 is 5.69 Å². The standard InChI is InChI=1S/C19H27NO4/c1-19(2,3)17-6-13(21-11-16-12-24-16)4-5-18(17)20(7-14-9-22-14)8-15-10-23-15/h4-6,14-16H,7-12H2,1-3H3. The molecule has 0 saturated carbocycles. The van der Waals surface area contributed by atoms with Crippen molar-refractivity contribution in [1.29, 1.82) is 0 Å². The second kappa shape index (κ2) is 6.21. The van der Waals surface area contributed by atoms with Gasteiger partial charge in [0.25, 0.3) is 0 Å². The van der Waals surface area contributed by atoms with Crippen LogP contribution in [0.5, 0.6) is 5.75 Å². The molecule has 5 heteroatoms. The fourth-order valence-corrected chi connectivity index (χ4v) is 2.94. The number of epoxide rings is 3. The molecule has 3 heterocycles. The maximum Gasteiger partial charge on any atom is 0.119 e. The van der Waals surface area contributed by atoms with E-state index in [9.17, 15) is 0 Å². The van der Waals surface area contributed by atoms with Crippen molar-refractivity contribution in [3.63, 3.8) is 0 Å². The molecule has 0 amide bonds. The summed E-state index contributed by atoms with van der Waals surface area (Å²) in [6.07, 6.45) is 0.998. The molecule has 0 spiro atoms. The predicted octanol–water partition coefficient (Wildman–Crippen LogP) is 2.37. The van der Waals surface area contributed by atoms with E-state index in [1.807, 2.05) is 0 Å². The fraction of sp³-hybridized carbons (Fsp3) is 0.684. The normalized spacial score (nSPS) is 27.7. The summed E-state index contributed by atoms with van der Waals surface area (Å²) in [5, 5.41) is 0. The molecule has 1 aromatic carbocycles. The highest BCUT2D eigenvalue weighted by atomic mass is 16.6. The zero-order chi connectivity index (χ0) is 16.7. The Morgan fingerprint density at radius 1 is 1.00 bits per heavy atom. The molecule has 132 valence electrons. The van der Waals surface area contributed by atoms with Crippen molar-refractivity contribution in [3.8, 4) is 5.75 Å². The summed E-state index contributed by atoms with van der Waals surface area (Å²) in [7, 11) is 0. The van der Waals surface area contributed by atoms with Crippen LogP contribution in [0.3, 0.4) is 0 Å². The van der Waals surface area contributed by atoms with E-state index in [1.54, 1.807) is 0 Å². The molecule has 1 aromatic rings. The summed E-state index contributed by atoms with van der Waals surface area (Å²) in [5.41, 5.74) is 2.61. The summed E-state index contributed by atoms with van der Waals surface area (Å²) in [5.74, 6) is 0.921. The molecule has 0 aliphatic carbocycles. The largest absolute Gasteiger partial charge is 0.491 e. The van der Waals surface area contributed by atoms with Crippen LogP contribution in [0, 0.1) is 0 Å². The Morgan fingerprint density at radius 3 is 2.08 bits per heavy atom. The quantitative estimate of drug-likeness (QED) is 0.684. The number of ether oxygens (including phenoxy) is 4. The molecular formula is C19H27NO4. The molecule has 24 heavy (non-hydrogen) atoms. The highest BCUT2D eigenvalue weighted by molar-refractivity contribution is 5.59. The van der Waals surface area contributed by atoms with Crippen molar-refractivity contribution in [2.45, 2.75) is 44.5 Å². The van der Waals surface area contributed by atoms with E-state index in [0.717, 1.165) is 38.7 Å². The molecule has 3 saturated heterocycles. The molecule has 3 aliphatic heterocycles. The van der Waals surface area contributed by atoms with Crippen molar-refractivity contribution in [2.24, 2.45) is 0 Å². The van der Waals surface area contributed by atoms with Crippen LogP contribution < -0.4 is 9.64 Å². The Bertz CT molecular complexity index is 572. The third-order valence-corrected chi connectivity index (χ3v) is 4.61. The van der Waals surface area contributed by atoms with Crippen LogP contribution in [0.25, 0.3) is 0 Å². The molecular weight excluding hydrogens is 306 g/mol. The van der Waals surface area contributed by atoms with Gasteiger partial charge in [-0.3, -0.25) is 0 Å². The number of rotatable bonds is 8. The molecule has 4 rings (SSSR count). The van der Waals surface area contributed by atoms with Gasteiger partial charge >= 0.3 is 0 Å². The molecule has 0 radical (unpaired) electrons. The van der Waals surface area contributed by atoms with E-state index in [4.69, 9.17) is 18.9 Å². The van der Waals surface area contributed by atoms with Gasteiger partial charge in [-0.25, -0.2) is 0 Å². The molecule has 3 fully saturated rings. The molecule has 0 aromatic heterocycles. The van der Waals surface area contributed by atoms with Crippen LogP contribution in [0.2, 0.25) is 0 Å².